The third kappa shape index (κ3) is 7.53. The SMILES string of the molecule is COC(=O)c1ccc(NCC#Cc2cc3c(N[C@H]4CCN(CC(C)=O)C[C@H]4F)cccc3n2CC(F)(F)F)c(OC)c1. The number of aromatic nitrogens is 1. The van der Waals surface area contributed by atoms with Crippen LogP contribution in [0.5, 0.6) is 5.75 Å². The minimum absolute atomic E-state index is 0.0381. The van der Waals surface area contributed by atoms with E-state index in [9.17, 15) is 27.2 Å². The van der Waals surface area contributed by atoms with Crippen molar-refractivity contribution in [1.82, 2.24) is 9.47 Å². The van der Waals surface area contributed by atoms with Crippen molar-refractivity contribution >= 4 is 34.0 Å². The number of rotatable bonds is 9. The second-order valence-corrected chi connectivity index (χ2v) is 10.0. The van der Waals surface area contributed by atoms with Crippen molar-refractivity contribution in [1.29, 1.82) is 0 Å². The molecule has 2 heterocycles. The molecule has 4 rings (SSSR count). The van der Waals surface area contributed by atoms with Gasteiger partial charge < -0.3 is 24.7 Å². The summed E-state index contributed by atoms with van der Waals surface area (Å²) in [4.78, 5) is 24.9. The number of ketones is 1. The van der Waals surface area contributed by atoms with E-state index in [2.05, 4.69) is 22.5 Å². The van der Waals surface area contributed by atoms with Gasteiger partial charge >= 0.3 is 12.1 Å². The van der Waals surface area contributed by atoms with Crippen molar-refractivity contribution < 1.29 is 36.6 Å². The zero-order chi connectivity index (χ0) is 30.4. The van der Waals surface area contributed by atoms with Crippen molar-refractivity contribution in [2.75, 3.05) is 51.0 Å². The average molecular weight is 589 g/mol. The van der Waals surface area contributed by atoms with Gasteiger partial charge in [-0.1, -0.05) is 12.0 Å². The summed E-state index contributed by atoms with van der Waals surface area (Å²) in [7, 11) is 2.71. The topological polar surface area (TPSA) is 84.8 Å². The molecule has 3 aromatic rings. The Hall–Kier alpha value is -4.24. The number of halogens is 4. The van der Waals surface area contributed by atoms with Crippen molar-refractivity contribution in [3.05, 3.63) is 53.7 Å². The Morgan fingerprint density at radius 3 is 2.57 bits per heavy atom. The quantitative estimate of drug-likeness (QED) is 0.210. The number of likely N-dealkylation sites (tertiary alicyclic amines) is 1. The van der Waals surface area contributed by atoms with Crippen LogP contribution >= 0.6 is 0 Å². The first-order valence-corrected chi connectivity index (χ1v) is 13.3. The maximum atomic E-state index is 15.0. The van der Waals surface area contributed by atoms with Crippen molar-refractivity contribution in [3.63, 3.8) is 0 Å². The normalized spacial score (nSPS) is 17.3. The number of alkyl halides is 4. The van der Waals surface area contributed by atoms with Crippen LogP contribution in [0.4, 0.5) is 28.9 Å². The van der Waals surface area contributed by atoms with Crippen LogP contribution < -0.4 is 15.4 Å². The lowest BCUT2D eigenvalue weighted by Gasteiger charge is -2.35. The van der Waals surface area contributed by atoms with Crippen LogP contribution in [-0.4, -0.2) is 80.0 Å². The molecule has 2 aromatic carbocycles. The number of hydrogen-bond donors (Lipinski definition) is 2. The smallest absolute Gasteiger partial charge is 0.406 e. The van der Waals surface area contributed by atoms with Gasteiger partial charge in [-0.15, -0.1) is 0 Å². The molecule has 42 heavy (non-hydrogen) atoms. The summed E-state index contributed by atoms with van der Waals surface area (Å²) in [6.07, 6.45) is -5.31. The van der Waals surface area contributed by atoms with E-state index in [-0.39, 0.29) is 31.1 Å². The Morgan fingerprint density at radius 1 is 1.12 bits per heavy atom. The second kappa shape index (κ2) is 13.2. The van der Waals surface area contributed by atoms with Gasteiger partial charge in [-0.05, 0) is 55.7 Å². The van der Waals surface area contributed by atoms with Gasteiger partial charge in [-0.2, -0.15) is 13.2 Å². The zero-order valence-electron chi connectivity index (χ0n) is 23.5. The van der Waals surface area contributed by atoms with E-state index in [1.165, 1.54) is 27.2 Å². The molecule has 1 fully saturated rings. The highest BCUT2D eigenvalue weighted by molar-refractivity contribution is 5.94. The Kier molecular flexibility index (Phi) is 9.63. The number of nitrogens with zero attached hydrogens (tertiary/aromatic N) is 2. The number of carbonyl (C=O) groups excluding carboxylic acids is 2. The van der Waals surface area contributed by atoms with Crippen LogP contribution in [0.2, 0.25) is 0 Å². The predicted molar refractivity (Wildman–Crippen MR) is 152 cm³/mol. The number of piperidine rings is 1. The molecule has 1 aliphatic heterocycles. The minimum atomic E-state index is -4.49. The molecule has 0 bridgehead atoms. The molecule has 1 aromatic heterocycles. The number of nitrogens with one attached hydrogen (secondary N) is 2. The number of carbonyl (C=O) groups is 2. The molecular weight excluding hydrogens is 556 g/mol. The van der Waals surface area contributed by atoms with Crippen LogP contribution in [0.1, 0.15) is 29.4 Å². The summed E-state index contributed by atoms with van der Waals surface area (Å²) < 4.78 is 66.8. The lowest BCUT2D eigenvalue weighted by molar-refractivity contribution is -0.140. The van der Waals surface area contributed by atoms with Crippen LogP contribution in [0.15, 0.2) is 42.5 Å². The van der Waals surface area contributed by atoms with E-state index in [0.717, 1.165) is 4.57 Å². The number of hydrogen-bond acceptors (Lipinski definition) is 7. The van der Waals surface area contributed by atoms with Gasteiger partial charge in [0.2, 0.25) is 0 Å². The highest BCUT2D eigenvalue weighted by Crippen LogP contribution is 2.32. The fourth-order valence-electron chi connectivity index (χ4n) is 5.01. The number of esters is 1. The number of fused-ring (bicyclic) bond motifs is 1. The highest BCUT2D eigenvalue weighted by atomic mass is 19.4. The molecule has 224 valence electrons. The molecule has 0 spiro atoms. The monoisotopic (exact) mass is 588 g/mol. The molecule has 12 heteroatoms. The molecule has 2 N–H and O–H groups in total. The molecule has 1 saturated heterocycles. The highest BCUT2D eigenvalue weighted by Gasteiger charge is 2.32. The van der Waals surface area contributed by atoms with Gasteiger partial charge in [0, 0.05) is 24.2 Å². The number of Topliss-reactive ketones (excluding diaryl/α,β-unsaturated/α-hetero) is 1. The van der Waals surface area contributed by atoms with E-state index in [1.54, 1.807) is 41.3 Å². The van der Waals surface area contributed by atoms with Gasteiger partial charge in [0.05, 0.1) is 55.8 Å². The van der Waals surface area contributed by atoms with Crippen molar-refractivity contribution in [2.24, 2.45) is 0 Å². The molecule has 0 saturated carbocycles. The van der Waals surface area contributed by atoms with Gasteiger partial charge in [0.1, 0.15) is 24.2 Å². The molecule has 1 aliphatic rings. The first kappa shape index (κ1) is 30.7. The summed E-state index contributed by atoms with van der Waals surface area (Å²) >= 11 is 0. The third-order valence-electron chi connectivity index (χ3n) is 6.90. The van der Waals surface area contributed by atoms with E-state index < -0.39 is 30.9 Å². The van der Waals surface area contributed by atoms with Gasteiger partial charge in [-0.3, -0.25) is 9.69 Å². The molecule has 0 radical (unpaired) electrons. The zero-order valence-corrected chi connectivity index (χ0v) is 23.5. The van der Waals surface area contributed by atoms with E-state index in [0.29, 0.717) is 46.6 Å². The molecule has 8 nitrogen and oxygen atoms in total. The molecular formula is C30H32F4N4O4. The number of anilines is 2. The standard InChI is InChI=1S/C30H32F4N4O4/c1-19(39)16-37-13-11-25(23(31)17-37)36-24-7-4-8-27-22(24)15-21(38(27)18-30(32,33)34)6-5-12-35-26-10-9-20(29(40)42-3)14-28(26)41-2/h4,7-10,14-15,23,25,35-36H,11-13,16-18H2,1-3H3/t23-,25+/m1/s1. The summed E-state index contributed by atoms with van der Waals surface area (Å²) in [5.41, 5.74) is 1.82. The van der Waals surface area contributed by atoms with Crippen LogP contribution in [-0.2, 0) is 16.1 Å². The largest absolute Gasteiger partial charge is 0.495 e. The van der Waals surface area contributed by atoms with Crippen LogP contribution in [0, 0.1) is 11.8 Å². The Labute approximate surface area is 240 Å². The first-order valence-electron chi connectivity index (χ1n) is 13.3. The minimum Gasteiger partial charge on any atom is -0.495 e. The fraction of sp³-hybridized carbons (Fsp3) is 0.400. The molecule has 0 unspecified atom stereocenters. The lowest BCUT2D eigenvalue weighted by Crippen LogP contribution is -2.49. The second-order valence-electron chi connectivity index (χ2n) is 10.0. The summed E-state index contributed by atoms with van der Waals surface area (Å²) in [6, 6.07) is 10.6. The maximum Gasteiger partial charge on any atom is 0.406 e. The Morgan fingerprint density at radius 2 is 1.90 bits per heavy atom. The number of methoxy groups -OCH3 is 2. The summed E-state index contributed by atoms with van der Waals surface area (Å²) in [6.45, 7) is 1.11. The van der Waals surface area contributed by atoms with Crippen molar-refractivity contribution in [2.45, 2.75) is 38.3 Å². The molecule has 0 aliphatic carbocycles. The summed E-state index contributed by atoms with van der Waals surface area (Å²) in [5, 5.41) is 6.72. The average Bonchev–Trinajstić information content (AvgIpc) is 3.28. The predicted octanol–water partition coefficient (Wildman–Crippen LogP) is 4.88. The van der Waals surface area contributed by atoms with Crippen LogP contribution in [0.3, 0.4) is 0 Å². The lowest BCUT2D eigenvalue weighted by atomic mass is 10.0. The molecule has 2 atom stereocenters. The number of benzene rings is 2. The fourth-order valence-corrected chi connectivity index (χ4v) is 5.01. The van der Waals surface area contributed by atoms with E-state index >= 15 is 0 Å². The van der Waals surface area contributed by atoms with Gasteiger partial charge in [0.25, 0.3) is 0 Å². The van der Waals surface area contributed by atoms with E-state index in [1.807, 2.05) is 0 Å². The molecule has 0 amide bonds. The first-order chi connectivity index (χ1) is 20.0. The van der Waals surface area contributed by atoms with Crippen molar-refractivity contribution in [3.8, 4) is 17.6 Å². The maximum absolute atomic E-state index is 15.0. The van der Waals surface area contributed by atoms with E-state index in [4.69, 9.17) is 9.47 Å². The Bertz CT molecular complexity index is 1510. The van der Waals surface area contributed by atoms with Gasteiger partial charge in [0.15, 0.2) is 0 Å². The Balaban J connectivity index is 1.56. The number of ether oxygens (including phenoxy) is 2. The summed E-state index contributed by atoms with van der Waals surface area (Å²) in [5.74, 6) is 5.50. The van der Waals surface area contributed by atoms with Gasteiger partial charge in [-0.25, -0.2) is 9.18 Å². The third-order valence-corrected chi connectivity index (χ3v) is 6.90. The van der Waals surface area contributed by atoms with Crippen LogP contribution in [0.25, 0.3) is 10.9 Å².